The van der Waals surface area contributed by atoms with Crippen molar-refractivity contribution in [2.45, 2.75) is 19.1 Å². The lowest BCUT2D eigenvalue weighted by molar-refractivity contribution is 0.112. The van der Waals surface area contributed by atoms with Gasteiger partial charge in [0.25, 0.3) is 0 Å². The van der Waals surface area contributed by atoms with E-state index in [2.05, 4.69) is 0 Å². The second kappa shape index (κ2) is 4.16. The first-order chi connectivity index (χ1) is 6.74. The number of aliphatic hydroxyl groups excluding tert-OH is 1. The van der Waals surface area contributed by atoms with Crippen LogP contribution in [0, 0.1) is 0 Å². The van der Waals surface area contributed by atoms with Crippen molar-refractivity contribution >= 4 is 22.9 Å². The van der Waals surface area contributed by atoms with E-state index in [1.54, 1.807) is 11.3 Å². The van der Waals surface area contributed by atoms with Crippen LogP contribution in [0.25, 0.3) is 0 Å². The molecule has 14 heavy (non-hydrogen) atoms. The second-order valence-electron chi connectivity index (χ2n) is 3.24. The largest absolute Gasteiger partial charge is 0.386 e. The van der Waals surface area contributed by atoms with Crippen molar-refractivity contribution < 1.29 is 9.84 Å². The van der Waals surface area contributed by atoms with Crippen molar-refractivity contribution in [3.8, 4) is 0 Å². The Kier molecular flexibility index (Phi) is 3.09. The van der Waals surface area contributed by atoms with Crippen molar-refractivity contribution in [2.75, 3.05) is 13.2 Å². The van der Waals surface area contributed by atoms with Crippen molar-refractivity contribution in [1.29, 1.82) is 0 Å². The van der Waals surface area contributed by atoms with Gasteiger partial charge >= 0.3 is 0 Å². The van der Waals surface area contributed by atoms with Crippen LogP contribution in [0.5, 0.6) is 0 Å². The standard InChI is InChI=1S/C9H12ClNO2S/c10-8-5-4-13-2-1-7(5)14-9(8)6(12)3-11/h6,12H,1-4,11H2. The molecule has 0 saturated carbocycles. The van der Waals surface area contributed by atoms with Crippen molar-refractivity contribution in [1.82, 2.24) is 0 Å². The van der Waals surface area contributed by atoms with Crippen LogP contribution < -0.4 is 5.73 Å². The van der Waals surface area contributed by atoms with Crippen molar-refractivity contribution in [3.05, 3.63) is 20.3 Å². The van der Waals surface area contributed by atoms with Gasteiger partial charge in [0.1, 0.15) is 6.10 Å². The summed E-state index contributed by atoms with van der Waals surface area (Å²) in [7, 11) is 0. The van der Waals surface area contributed by atoms with Gasteiger partial charge in [0.15, 0.2) is 0 Å². The Morgan fingerprint density at radius 2 is 2.43 bits per heavy atom. The van der Waals surface area contributed by atoms with Crippen LogP contribution in [-0.4, -0.2) is 18.3 Å². The van der Waals surface area contributed by atoms with E-state index in [1.807, 2.05) is 0 Å². The molecule has 3 nitrogen and oxygen atoms in total. The van der Waals surface area contributed by atoms with Gasteiger partial charge in [0.05, 0.1) is 23.1 Å². The molecule has 0 saturated heterocycles. The zero-order valence-corrected chi connectivity index (χ0v) is 9.20. The number of fused-ring (bicyclic) bond motifs is 1. The predicted molar refractivity (Wildman–Crippen MR) is 56.7 cm³/mol. The number of rotatable bonds is 2. The van der Waals surface area contributed by atoms with Gasteiger partial charge in [-0.1, -0.05) is 11.6 Å². The van der Waals surface area contributed by atoms with Crippen LogP contribution in [0.1, 0.15) is 21.4 Å². The van der Waals surface area contributed by atoms with Gasteiger partial charge in [0.2, 0.25) is 0 Å². The van der Waals surface area contributed by atoms with Crippen LogP contribution >= 0.6 is 22.9 Å². The average molecular weight is 234 g/mol. The lowest BCUT2D eigenvalue weighted by Crippen LogP contribution is -2.10. The summed E-state index contributed by atoms with van der Waals surface area (Å²) in [6.45, 7) is 1.50. The van der Waals surface area contributed by atoms with E-state index < -0.39 is 6.10 Å². The maximum absolute atomic E-state index is 9.62. The van der Waals surface area contributed by atoms with Crippen LogP contribution in [0.2, 0.25) is 5.02 Å². The monoisotopic (exact) mass is 233 g/mol. The molecular formula is C9H12ClNO2S. The minimum atomic E-state index is -0.641. The molecule has 1 aromatic heterocycles. The smallest absolute Gasteiger partial charge is 0.102 e. The van der Waals surface area contributed by atoms with E-state index in [0.29, 0.717) is 11.6 Å². The van der Waals surface area contributed by atoms with E-state index in [1.165, 1.54) is 4.88 Å². The van der Waals surface area contributed by atoms with Gasteiger partial charge in [0, 0.05) is 23.4 Å². The van der Waals surface area contributed by atoms with Gasteiger partial charge in [-0.3, -0.25) is 0 Å². The third-order valence-corrected chi connectivity index (χ3v) is 4.23. The molecule has 3 N–H and O–H groups in total. The Morgan fingerprint density at radius 1 is 1.64 bits per heavy atom. The molecule has 0 fully saturated rings. The maximum atomic E-state index is 9.62. The molecule has 1 unspecified atom stereocenters. The van der Waals surface area contributed by atoms with Crippen molar-refractivity contribution in [2.24, 2.45) is 5.73 Å². The lowest BCUT2D eigenvalue weighted by Gasteiger charge is -2.11. The van der Waals surface area contributed by atoms with Gasteiger partial charge in [-0.05, 0) is 0 Å². The van der Waals surface area contributed by atoms with Gasteiger partial charge in [-0.2, -0.15) is 0 Å². The van der Waals surface area contributed by atoms with Gasteiger partial charge < -0.3 is 15.6 Å². The third kappa shape index (κ3) is 1.68. The number of halogens is 1. The predicted octanol–water partition coefficient (Wildman–Crippen LogP) is 1.47. The second-order valence-corrected chi connectivity index (χ2v) is 4.75. The van der Waals surface area contributed by atoms with Crippen LogP contribution in [-0.2, 0) is 17.8 Å². The molecule has 2 heterocycles. The fourth-order valence-corrected chi connectivity index (χ4v) is 3.16. The summed E-state index contributed by atoms with van der Waals surface area (Å²) in [5, 5.41) is 10.3. The molecule has 0 bridgehead atoms. The van der Waals surface area contributed by atoms with Gasteiger partial charge in [-0.25, -0.2) is 0 Å². The Labute approximate surface area is 91.4 Å². The zero-order chi connectivity index (χ0) is 10.1. The Hall–Kier alpha value is -0.130. The highest BCUT2D eigenvalue weighted by Gasteiger charge is 2.22. The third-order valence-electron chi connectivity index (χ3n) is 2.30. The van der Waals surface area contributed by atoms with Gasteiger partial charge in [-0.15, -0.1) is 11.3 Å². The summed E-state index contributed by atoms with van der Waals surface area (Å²) in [5.41, 5.74) is 6.43. The molecule has 1 aliphatic heterocycles. The molecule has 0 radical (unpaired) electrons. The maximum Gasteiger partial charge on any atom is 0.102 e. The Morgan fingerprint density at radius 3 is 3.07 bits per heavy atom. The molecular weight excluding hydrogens is 222 g/mol. The van der Waals surface area contributed by atoms with E-state index in [4.69, 9.17) is 22.1 Å². The molecule has 78 valence electrons. The summed E-state index contributed by atoms with van der Waals surface area (Å²) in [5.74, 6) is 0. The fourth-order valence-electron chi connectivity index (χ4n) is 1.52. The number of thiophene rings is 1. The minimum Gasteiger partial charge on any atom is -0.386 e. The first-order valence-electron chi connectivity index (χ1n) is 4.50. The highest BCUT2D eigenvalue weighted by molar-refractivity contribution is 7.12. The van der Waals surface area contributed by atoms with E-state index in [9.17, 15) is 5.11 Å². The normalized spacial score (nSPS) is 17.9. The van der Waals surface area contributed by atoms with Crippen LogP contribution in [0.15, 0.2) is 0 Å². The molecule has 0 aromatic carbocycles. The number of aliphatic hydroxyl groups is 1. The molecule has 1 atom stereocenters. The van der Waals surface area contributed by atoms with Crippen LogP contribution in [0.4, 0.5) is 0 Å². The van der Waals surface area contributed by atoms with E-state index in [-0.39, 0.29) is 6.54 Å². The molecule has 2 rings (SSSR count). The number of ether oxygens (including phenoxy) is 1. The minimum absolute atomic E-state index is 0.208. The van der Waals surface area contributed by atoms with Crippen LogP contribution in [0.3, 0.4) is 0 Å². The summed E-state index contributed by atoms with van der Waals surface area (Å²) in [6, 6.07) is 0. The SMILES string of the molecule is NCC(O)c1sc2c(c1Cl)COCC2. The molecule has 0 spiro atoms. The molecule has 1 aromatic rings. The first-order valence-corrected chi connectivity index (χ1v) is 5.69. The summed E-state index contributed by atoms with van der Waals surface area (Å²) < 4.78 is 5.31. The molecule has 0 aliphatic carbocycles. The Bertz CT molecular complexity index is 340. The molecule has 5 heteroatoms. The number of nitrogens with two attached hydrogens (primary N) is 1. The summed E-state index contributed by atoms with van der Waals surface area (Å²) >= 11 is 7.68. The number of hydrogen-bond donors (Lipinski definition) is 2. The quantitative estimate of drug-likeness (QED) is 0.814. The topological polar surface area (TPSA) is 55.5 Å². The fraction of sp³-hybridized carbons (Fsp3) is 0.556. The van der Waals surface area contributed by atoms with E-state index in [0.717, 1.165) is 23.5 Å². The summed E-state index contributed by atoms with van der Waals surface area (Å²) in [6.07, 6.45) is 0.245. The molecule has 0 amide bonds. The zero-order valence-electron chi connectivity index (χ0n) is 7.62. The average Bonchev–Trinajstić information content (AvgIpc) is 2.56. The first kappa shape index (κ1) is 10.4. The number of hydrogen-bond acceptors (Lipinski definition) is 4. The Balaban J connectivity index is 2.38. The highest BCUT2D eigenvalue weighted by Crippen LogP contribution is 2.38. The van der Waals surface area contributed by atoms with E-state index >= 15 is 0 Å². The highest BCUT2D eigenvalue weighted by atomic mass is 35.5. The van der Waals surface area contributed by atoms with Crippen molar-refractivity contribution in [3.63, 3.8) is 0 Å². The lowest BCUT2D eigenvalue weighted by atomic mass is 10.1. The summed E-state index contributed by atoms with van der Waals surface area (Å²) in [4.78, 5) is 2.01. The molecule has 1 aliphatic rings.